The molecule has 0 saturated carbocycles. The quantitative estimate of drug-likeness (QED) is 0.865. The molecule has 6 heteroatoms. The van der Waals surface area contributed by atoms with Gasteiger partial charge in [0.15, 0.2) is 5.58 Å². The molecule has 3 rings (SSSR count). The Morgan fingerprint density at radius 1 is 1.30 bits per heavy atom. The molecule has 1 saturated heterocycles. The highest BCUT2D eigenvalue weighted by Crippen LogP contribution is 2.25. The number of ether oxygens (including phenoxy) is 1. The van der Waals surface area contributed by atoms with Crippen molar-refractivity contribution in [3.05, 3.63) is 34.8 Å². The van der Waals surface area contributed by atoms with Crippen LogP contribution in [0.5, 0.6) is 0 Å². The van der Waals surface area contributed by atoms with Crippen molar-refractivity contribution in [2.45, 2.75) is 38.3 Å². The van der Waals surface area contributed by atoms with E-state index in [1.165, 1.54) is 4.57 Å². The predicted octanol–water partition coefficient (Wildman–Crippen LogP) is 2.01. The lowest BCUT2D eigenvalue weighted by Gasteiger charge is -2.38. The number of fused-ring (bicyclic) bond motifs is 1. The zero-order chi connectivity index (χ0) is 16.4. The number of carbonyl (C=O) groups excluding carboxylic acids is 1. The molecule has 1 amide bonds. The van der Waals surface area contributed by atoms with Crippen molar-refractivity contribution in [1.29, 1.82) is 0 Å². The number of rotatable bonds is 4. The monoisotopic (exact) mass is 318 g/mol. The van der Waals surface area contributed by atoms with Crippen LogP contribution in [0.4, 0.5) is 0 Å². The molecule has 23 heavy (non-hydrogen) atoms. The molecule has 0 radical (unpaired) electrons. The summed E-state index contributed by atoms with van der Waals surface area (Å²) >= 11 is 0. The van der Waals surface area contributed by atoms with Gasteiger partial charge < -0.3 is 14.1 Å². The Morgan fingerprint density at radius 3 is 2.70 bits per heavy atom. The molecule has 0 unspecified atom stereocenters. The standard InChI is InChI=1S/C17H22N2O4/c1-17(22-2)8-11-18(12-9-17)15(20)7-10-19-13-5-3-4-6-14(13)23-16(19)21/h3-6H,7-12H2,1-2H3. The van der Waals surface area contributed by atoms with Crippen molar-refractivity contribution in [2.75, 3.05) is 20.2 Å². The number of benzene rings is 1. The smallest absolute Gasteiger partial charge is 0.408 e. The minimum atomic E-state index is -0.412. The lowest BCUT2D eigenvalue weighted by atomic mass is 9.93. The maximum absolute atomic E-state index is 12.4. The highest BCUT2D eigenvalue weighted by atomic mass is 16.5. The maximum atomic E-state index is 12.4. The number of carbonyl (C=O) groups is 1. The summed E-state index contributed by atoms with van der Waals surface area (Å²) in [5, 5.41) is 0. The Bertz CT molecular complexity index is 753. The van der Waals surface area contributed by atoms with Gasteiger partial charge in [0, 0.05) is 33.2 Å². The fourth-order valence-corrected chi connectivity index (χ4v) is 3.02. The van der Waals surface area contributed by atoms with Crippen LogP contribution in [0.25, 0.3) is 11.1 Å². The topological polar surface area (TPSA) is 64.7 Å². The van der Waals surface area contributed by atoms with Gasteiger partial charge in [0.25, 0.3) is 0 Å². The summed E-state index contributed by atoms with van der Waals surface area (Å²) < 4.78 is 12.2. The van der Waals surface area contributed by atoms with Gasteiger partial charge in [-0.15, -0.1) is 0 Å². The first kappa shape index (κ1) is 15.8. The number of aryl methyl sites for hydroxylation is 1. The summed E-state index contributed by atoms with van der Waals surface area (Å²) in [7, 11) is 1.72. The second-order valence-corrected chi connectivity index (χ2v) is 6.27. The SMILES string of the molecule is COC1(C)CCN(C(=O)CCn2c(=O)oc3ccccc32)CC1. The van der Waals surface area contributed by atoms with Crippen LogP contribution in [0.3, 0.4) is 0 Å². The van der Waals surface area contributed by atoms with Crippen molar-refractivity contribution >= 4 is 17.0 Å². The van der Waals surface area contributed by atoms with Gasteiger partial charge in [-0.25, -0.2) is 4.79 Å². The van der Waals surface area contributed by atoms with E-state index in [9.17, 15) is 9.59 Å². The Kier molecular flexibility index (Phi) is 4.26. The molecule has 1 fully saturated rings. The van der Waals surface area contributed by atoms with E-state index in [2.05, 4.69) is 6.92 Å². The number of likely N-dealkylation sites (tertiary alicyclic amines) is 1. The molecule has 0 atom stereocenters. The van der Waals surface area contributed by atoms with E-state index in [4.69, 9.17) is 9.15 Å². The summed E-state index contributed by atoms with van der Waals surface area (Å²) in [5.74, 6) is -0.343. The van der Waals surface area contributed by atoms with Gasteiger partial charge in [0.05, 0.1) is 11.1 Å². The number of aromatic nitrogens is 1. The van der Waals surface area contributed by atoms with Gasteiger partial charge in [-0.2, -0.15) is 0 Å². The molecular weight excluding hydrogens is 296 g/mol. The first-order chi connectivity index (χ1) is 11.0. The van der Waals surface area contributed by atoms with Crippen LogP contribution in [0, 0.1) is 0 Å². The van der Waals surface area contributed by atoms with Gasteiger partial charge in [-0.3, -0.25) is 9.36 Å². The zero-order valence-electron chi connectivity index (χ0n) is 13.6. The van der Waals surface area contributed by atoms with E-state index in [1.807, 2.05) is 23.1 Å². The second-order valence-electron chi connectivity index (χ2n) is 6.27. The van der Waals surface area contributed by atoms with Crippen molar-refractivity contribution in [1.82, 2.24) is 9.47 Å². The van der Waals surface area contributed by atoms with Crippen LogP contribution in [-0.2, 0) is 16.1 Å². The molecule has 2 heterocycles. The highest BCUT2D eigenvalue weighted by molar-refractivity contribution is 5.77. The summed E-state index contributed by atoms with van der Waals surface area (Å²) in [5.41, 5.74) is 1.16. The van der Waals surface area contributed by atoms with Crippen molar-refractivity contribution < 1.29 is 13.9 Å². The van der Waals surface area contributed by atoms with E-state index in [0.29, 0.717) is 31.6 Å². The molecule has 124 valence electrons. The predicted molar refractivity (Wildman–Crippen MR) is 86.3 cm³/mol. The molecule has 1 aliphatic heterocycles. The fraction of sp³-hybridized carbons (Fsp3) is 0.529. The van der Waals surface area contributed by atoms with Gasteiger partial charge >= 0.3 is 5.76 Å². The lowest BCUT2D eigenvalue weighted by Crippen LogP contribution is -2.46. The molecule has 0 N–H and O–H groups in total. The average molecular weight is 318 g/mol. The third-order valence-corrected chi connectivity index (χ3v) is 4.79. The summed E-state index contributed by atoms with van der Waals surface area (Å²) in [4.78, 5) is 26.1. The Morgan fingerprint density at radius 2 is 2.00 bits per heavy atom. The van der Waals surface area contributed by atoms with Crippen LogP contribution in [0.15, 0.2) is 33.5 Å². The number of nitrogens with zero attached hydrogens (tertiary/aromatic N) is 2. The Hall–Kier alpha value is -2.08. The number of para-hydroxylation sites is 2. The number of amides is 1. The molecule has 0 spiro atoms. The number of hydrogen-bond donors (Lipinski definition) is 0. The van der Waals surface area contributed by atoms with Crippen LogP contribution in [0.1, 0.15) is 26.2 Å². The summed E-state index contributed by atoms with van der Waals surface area (Å²) in [6.07, 6.45) is 1.97. The molecular formula is C17H22N2O4. The minimum Gasteiger partial charge on any atom is -0.408 e. The highest BCUT2D eigenvalue weighted by Gasteiger charge is 2.31. The fourth-order valence-electron chi connectivity index (χ4n) is 3.02. The largest absolute Gasteiger partial charge is 0.419 e. The molecule has 1 aliphatic rings. The number of piperidine rings is 1. The lowest BCUT2D eigenvalue weighted by molar-refractivity contribution is -0.136. The van der Waals surface area contributed by atoms with Crippen LogP contribution in [-0.4, -0.2) is 41.2 Å². The van der Waals surface area contributed by atoms with Crippen molar-refractivity contribution in [3.63, 3.8) is 0 Å². The molecule has 2 aromatic rings. The molecule has 1 aromatic heterocycles. The summed E-state index contributed by atoms with van der Waals surface area (Å²) in [6.45, 7) is 3.81. The second kappa shape index (κ2) is 6.20. The van der Waals surface area contributed by atoms with Crippen molar-refractivity contribution in [2.24, 2.45) is 0 Å². The average Bonchev–Trinajstić information content (AvgIpc) is 2.88. The molecule has 0 bridgehead atoms. The van der Waals surface area contributed by atoms with E-state index >= 15 is 0 Å². The van der Waals surface area contributed by atoms with E-state index in [1.54, 1.807) is 13.2 Å². The third-order valence-electron chi connectivity index (χ3n) is 4.79. The van der Waals surface area contributed by atoms with E-state index in [-0.39, 0.29) is 11.5 Å². The number of methoxy groups -OCH3 is 1. The van der Waals surface area contributed by atoms with E-state index in [0.717, 1.165) is 18.4 Å². The first-order valence-electron chi connectivity index (χ1n) is 7.94. The third kappa shape index (κ3) is 3.17. The van der Waals surface area contributed by atoms with Gasteiger partial charge in [-0.05, 0) is 31.9 Å². The van der Waals surface area contributed by atoms with Crippen molar-refractivity contribution in [3.8, 4) is 0 Å². The molecule has 6 nitrogen and oxygen atoms in total. The van der Waals surface area contributed by atoms with Gasteiger partial charge in [-0.1, -0.05) is 12.1 Å². The first-order valence-corrected chi connectivity index (χ1v) is 7.94. The van der Waals surface area contributed by atoms with Crippen LogP contribution < -0.4 is 5.76 Å². The minimum absolute atomic E-state index is 0.0698. The Balaban J connectivity index is 1.63. The van der Waals surface area contributed by atoms with Gasteiger partial charge in [0.2, 0.25) is 5.91 Å². The number of oxazole rings is 1. The molecule has 0 aliphatic carbocycles. The van der Waals surface area contributed by atoms with E-state index < -0.39 is 5.76 Å². The zero-order valence-corrected chi connectivity index (χ0v) is 13.6. The number of hydrogen-bond acceptors (Lipinski definition) is 4. The van der Waals surface area contributed by atoms with Crippen LogP contribution >= 0.6 is 0 Å². The normalized spacial score (nSPS) is 17.6. The molecule has 1 aromatic carbocycles. The summed E-state index contributed by atoms with van der Waals surface area (Å²) in [6, 6.07) is 7.26. The van der Waals surface area contributed by atoms with Crippen LogP contribution in [0.2, 0.25) is 0 Å². The maximum Gasteiger partial charge on any atom is 0.419 e. The van der Waals surface area contributed by atoms with Gasteiger partial charge in [0.1, 0.15) is 0 Å². The Labute approximate surface area is 134 Å².